The molecule has 0 saturated heterocycles. The lowest BCUT2D eigenvalue weighted by molar-refractivity contribution is -0.0151. The number of hydrogen-bond acceptors (Lipinski definition) is 2. The van der Waals surface area contributed by atoms with Crippen molar-refractivity contribution < 1.29 is 13.9 Å². The first-order valence-electron chi connectivity index (χ1n) is 6.81. The van der Waals surface area contributed by atoms with Crippen LogP contribution in [0.5, 0.6) is 0 Å². The number of aliphatic hydroxyl groups excluding tert-OH is 1. The molecule has 1 fully saturated rings. The molecule has 1 aliphatic carbocycles. The van der Waals surface area contributed by atoms with Gasteiger partial charge in [-0.1, -0.05) is 25.8 Å². The fourth-order valence-corrected chi connectivity index (χ4v) is 3.30. The molecular weight excluding hydrogens is 248 g/mol. The molecule has 0 aliphatic heterocycles. The summed E-state index contributed by atoms with van der Waals surface area (Å²) < 4.78 is 26.8. The molecule has 1 aromatic rings. The van der Waals surface area contributed by atoms with Crippen molar-refractivity contribution in [2.75, 3.05) is 6.54 Å². The summed E-state index contributed by atoms with van der Waals surface area (Å²) in [5.41, 5.74) is 5.53. The molecule has 1 saturated carbocycles. The first-order valence-corrected chi connectivity index (χ1v) is 6.81. The van der Waals surface area contributed by atoms with Gasteiger partial charge in [-0.2, -0.15) is 0 Å². The maximum absolute atomic E-state index is 13.8. The van der Waals surface area contributed by atoms with Gasteiger partial charge in [0.05, 0.1) is 6.10 Å². The van der Waals surface area contributed by atoms with E-state index in [0.29, 0.717) is 12.5 Å². The second-order valence-corrected chi connectivity index (χ2v) is 5.84. The van der Waals surface area contributed by atoms with Gasteiger partial charge in [-0.3, -0.25) is 0 Å². The summed E-state index contributed by atoms with van der Waals surface area (Å²) >= 11 is 0. The van der Waals surface area contributed by atoms with Crippen LogP contribution in [0, 0.1) is 23.0 Å². The minimum Gasteiger partial charge on any atom is -0.388 e. The van der Waals surface area contributed by atoms with E-state index in [1.54, 1.807) is 0 Å². The summed E-state index contributed by atoms with van der Waals surface area (Å²) in [6.45, 7) is 2.44. The van der Waals surface area contributed by atoms with E-state index in [0.717, 1.165) is 31.7 Å². The van der Waals surface area contributed by atoms with Gasteiger partial charge in [-0.15, -0.1) is 0 Å². The van der Waals surface area contributed by atoms with Crippen molar-refractivity contribution in [2.45, 2.75) is 38.7 Å². The molecule has 0 radical (unpaired) electrons. The molecule has 0 aromatic heterocycles. The van der Waals surface area contributed by atoms with Crippen LogP contribution in [-0.4, -0.2) is 11.7 Å². The van der Waals surface area contributed by atoms with Crippen LogP contribution in [0.4, 0.5) is 8.78 Å². The van der Waals surface area contributed by atoms with Gasteiger partial charge in [-0.25, -0.2) is 8.78 Å². The van der Waals surface area contributed by atoms with Crippen molar-refractivity contribution in [3.8, 4) is 0 Å². The Balaban J connectivity index is 2.32. The Morgan fingerprint density at radius 2 is 2.21 bits per heavy atom. The summed E-state index contributed by atoms with van der Waals surface area (Å²) in [6, 6.07) is 3.32. The van der Waals surface area contributed by atoms with E-state index in [-0.39, 0.29) is 5.56 Å². The van der Waals surface area contributed by atoms with Crippen molar-refractivity contribution in [1.29, 1.82) is 0 Å². The Bertz CT molecular complexity index is 452. The molecule has 0 heterocycles. The predicted octanol–water partition coefficient (Wildman–Crippen LogP) is 3.15. The van der Waals surface area contributed by atoms with Crippen LogP contribution in [-0.2, 0) is 0 Å². The highest BCUT2D eigenvalue weighted by Crippen LogP contribution is 2.47. The quantitative estimate of drug-likeness (QED) is 0.885. The normalized spacial score (nSPS) is 29.2. The molecule has 0 amide bonds. The predicted molar refractivity (Wildman–Crippen MR) is 70.4 cm³/mol. The van der Waals surface area contributed by atoms with E-state index < -0.39 is 23.2 Å². The zero-order valence-corrected chi connectivity index (χ0v) is 11.2. The van der Waals surface area contributed by atoms with Crippen LogP contribution in [0.3, 0.4) is 0 Å². The Morgan fingerprint density at radius 3 is 2.79 bits per heavy atom. The van der Waals surface area contributed by atoms with E-state index in [4.69, 9.17) is 5.73 Å². The van der Waals surface area contributed by atoms with Gasteiger partial charge >= 0.3 is 0 Å². The summed E-state index contributed by atoms with van der Waals surface area (Å²) in [5.74, 6) is -0.860. The Kier molecular flexibility index (Phi) is 4.21. The average Bonchev–Trinajstić information content (AvgIpc) is 2.38. The summed E-state index contributed by atoms with van der Waals surface area (Å²) in [6.07, 6.45) is 2.69. The molecule has 3 N–H and O–H groups in total. The molecule has 2 nitrogen and oxygen atoms in total. The summed E-state index contributed by atoms with van der Waals surface area (Å²) in [7, 11) is 0. The maximum atomic E-state index is 13.8. The number of benzene rings is 1. The third-order valence-electron chi connectivity index (χ3n) is 4.37. The van der Waals surface area contributed by atoms with Crippen molar-refractivity contribution in [1.82, 2.24) is 0 Å². The molecular formula is C15H21F2NO. The highest BCUT2D eigenvalue weighted by Gasteiger charge is 2.41. The molecule has 0 spiro atoms. The lowest BCUT2D eigenvalue weighted by Gasteiger charge is -2.43. The zero-order valence-electron chi connectivity index (χ0n) is 11.2. The average molecular weight is 269 g/mol. The van der Waals surface area contributed by atoms with Crippen molar-refractivity contribution in [3.05, 3.63) is 35.4 Å². The summed E-state index contributed by atoms with van der Waals surface area (Å²) in [5, 5.41) is 10.5. The summed E-state index contributed by atoms with van der Waals surface area (Å²) in [4.78, 5) is 0. The number of aliphatic hydroxyl groups is 1. The van der Waals surface area contributed by atoms with E-state index in [9.17, 15) is 13.9 Å². The third-order valence-corrected chi connectivity index (χ3v) is 4.37. The van der Waals surface area contributed by atoms with Crippen molar-refractivity contribution in [2.24, 2.45) is 17.1 Å². The largest absolute Gasteiger partial charge is 0.388 e. The fourth-order valence-electron chi connectivity index (χ4n) is 3.30. The molecule has 0 bridgehead atoms. The molecule has 2 rings (SSSR count). The van der Waals surface area contributed by atoms with E-state index >= 15 is 0 Å². The maximum Gasteiger partial charge on any atom is 0.131 e. The molecule has 4 heteroatoms. The lowest BCUT2D eigenvalue weighted by Crippen LogP contribution is -2.41. The van der Waals surface area contributed by atoms with Gasteiger partial charge in [0.2, 0.25) is 0 Å². The van der Waals surface area contributed by atoms with Gasteiger partial charge in [0.25, 0.3) is 0 Å². The smallest absolute Gasteiger partial charge is 0.131 e. The van der Waals surface area contributed by atoms with Gasteiger partial charge in [0, 0.05) is 23.6 Å². The Hall–Kier alpha value is -1.00. The number of halogens is 2. The van der Waals surface area contributed by atoms with E-state index in [1.807, 2.05) is 0 Å². The second kappa shape index (κ2) is 5.55. The van der Waals surface area contributed by atoms with Gasteiger partial charge in [0.15, 0.2) is 0 Å². The van der Waals surface area contributed by atoms with Crippen LogP contribution in [0.1, 0.15) is 44.3 Å². The van der Waals surface area contributed by atoms with Crippen molar-refractivity contribution in [3.63, 3.8) is 0 Å². The first-order chi connectivity index (χ1) is 8.98. The number of hydrogen-bond donors (Lipinski definition) is 2. The fraction of sp³-hybridized carbons (Fsp3) is 0.600. The third kappa shape index (κ3) is 2.79. The van der Waals surface area contributed by atoms with Crippen molar-refractivity contribution >= 4 is 0 Å². The van der Waals surface area contributed by atoms with E-state index in [1.165, 1.54) is 12.1 Å². The molecule has 19 heavy (non-hydrogen) atoms. The Labute approximate surface area is 112 Å². The van der Waals surface area contributed by atoms with Gasteiger partial charge in [0.1, 0.15) is 11.6 Å². The van der Waals surface area contributed by atoms with Crippen LogP contribution in [0.25, 0.3) is 0 Å². The number of rotatable bonds is 3. The van der Waals surface area contributed by atoms with Crippen LogP contribution < -0.4 is 5.73 Å². The van der Waals surface area contributed by atoms with Crippen LogP contribution >= 0.6 is 0 Å². The highest BCUT2D eigenvalue weighted by atomic mass is 19.1. The minimum absolute atomic E-state index is 0.154. The number of nitrogens with two attached hydrogens (primary N) is 1. The second-order valence-electron chi connectivity index (χ2n) is 5.84. The van der Waals surface area contributed by atoms with Gasteiger partial charge in [-0.05, 0) is 24.8 Å². The molecule has 3 atom stereocenters. The first kappa shape index (κ1) is 14.4. The topological polar surface area (TPSA) is 46.2 Å². The monoisotopic (exact) mass is 269 g/mol. The minimum atomic E-state index is -0.971. The van der Waals surface area contributed by atoms with Crippen LogP contribution in [0.15, 0.2) is 18.2 Å². The lowest BCUT2D eigenvalue weighted by atomic mass is 9.65. The zero-order chi connectivity index (χ0) is 14.0. The molecule has 1 aromatic carbocycles. The molecule has 106 valence electrons. The van der Waals surface area contributed by atoms with Crippen LogP contribution in [0.2, 0.25) is 0 Å². The molecule has 1 aliphatic rings. The molecule has 3 unspecified atom stereocenters. The standard InChI is InChI=1S/C15H21F2NO/c1-10-3-2-6-15(8-10,9-18)14(19)12-5-4-11(16)7-13(12)17/h4-5,7,10,14,19H,2-3,6,8-9,18H2,1H3. The van der Waals surface area contributed by atoms with Gasteiger partial charge < -0.3 is 10.8 Å². The Morgan fingerprint density at radius 1 is 1.47 bits per heavy atom. The SMILES string of the molecule is CC1CCCC(CN)(C(O)c2ccc(F)cc2F)C1. The highest BCUT2D eigenvalue weighted by molar-refractivity contribution is 5.23. The van der Waals surface area contributed by atoms with E-state index in [2.05, 4.69) is 6.92 Å².